The normalized spacial score (nSPS) is 52.2. The first-order valence-electron chi connectivity index (χ1n) is 11.6. The number of aliphatic hydroxyl groups is 2. The maximum absolute atomic E-state index is 12.0. The average molecular weight is 384 g/mol. The number of benzene rings is 1. The van der Waals surface area contributed by atoms with Crippen molar-refractivity contribution >= 4 is 5.69 Å². The Bertz CT molecular complexity index is 814. The van der Waals surface area contributed by atoms with Crippen LogP contribution in [0.1, 0.15) is 51.5 Å². The summed E-state index contributed by atoms with van der Waals surface area (Å²) in [6.07, 6.45) is 5.09. The minimum atomic E-state index is -0.272. The molecule has 5 fully saturated rings. The molecule has 1 aromatic carbocycles. The summed E-state index contributed by atoms with van der Waals surface area (Å²) in [5.74, 6) is 1.18. The van der Waals surface area contributed by atoms with Crippen molar-refractivity contribution in [3.05, 3.63) is 29.8 Å². The highest BCUT2D eigenvalue weighted by Gasteiger charge is 2.82. The summed E-state index contributed by atoms with van der Waals surface area (Å²) in [4.78, 5) is 2.49. The first-order chi connectivity index (χ1) is 13.5. The molecule has 0 radical (unpaired) electrons. The smallest absolute Gasteiger partial charge is 0.194 e. The summed E-state index contributed by atoms with van der Waals surface area (Å²) in [7, 11) is 2.24. The van der Waals surface area contributed by atoms with Gasteiger partial charge < -0.3 is 15.1 Å². The van der Waals surface area contributed by atoms with Gasteiger partial charge in [0.05, 0.1) is 30.1 Å². The van der Waals surface area contributed by atoms with Gasteiger partial charge in [-0.3, -0.25) is 4.48 Å². The molecule has 2 N–H and O–H groups in total. The van der Waals surface area contributed by atoms with E-state index in [4.69, 9.17) is 0 Å². The summed E-state index contributed by atoms with van der Waals surface area (Å²) < 4.78 is 0.884. The molecule has 6 unspecified atom stereocenters. The fourth-order valence-corrected chi connectivity index (χ4v) is 9.27. The van der Waals surface area contributed by atoms with Gasteiger partial charge in [-0.25, -0.2) is 0 Å². The van der Waals surface area contributed by atoms with Crippen LogP contribution >= 0.6 is 0 Å². The highest BCUT2D eigenvalue weighted by atomic mass is 16.3. The van der Waals surface area contributed by atoms with Crippen molar-refractivity contribution in [1.82, 2.24) is 0 Å². The van der Waals surface area contributed by atoms with Crippen LogP contribution in [0.25, 0.3) is 0 Å². The molecule has 5 heterocycles. The zero-order chi connectivity index (χ0) is 19.4. The minimum absolute atomic E-state index is 0.129. The molecule has 1 saturated carbocycles. The molecule has 1 spiro atoms. The van der Waals surface area contributed by atoms with Gasteiger partial charge in [0, 0.05) is 37.4 Å². The fraction of sp³-hybridized carbons (Fsp3) is 0.750. The lowest BCUT2D eigenvalue weighted by molar-refractivity contribution is -1.04. The first-order valence-corrected chi connectivity index (χ1v) is 11.6. The maximum atomic E-state index is 12.0. The van der Waals surface area contributed by atoms with Gasteiger partial charge in [-0.1, -0.05) is 38.5 Å². The number of hydrogen-bond acceptors (Lipinski definition) is 3. The molecule has 0 aromatic heterocycles. The van der Waals surface area contributed by atoms with E-state index in [2.05, 4.69) is 50.1 Å². The Morgan fingerprint density at radius 3 is 2.71 bits per heavy atom. The molecule has 0 amide bonds. The quantitative estimate of drug-likeness (QED) is 0.786. The Balaban J connectivity index is 1.59. The van der Waals surface area contributed by atoms with E-state index in [1.807, 2.05) is 0 Å². The van der Waals surface area contributed by atoms with Crippen molar-refractivity contribution in [2.45, 2.75) is 81.8 Å². The fourth-order valence-electron chi connectivity index (χ4n) is 9.27. The lowest BCUT2D eigenvalue weighted by Crippen LogP contribution is -2.83. The van der Waals surface area contributed by atoms with Gasteiger partial charge in [-0.15, -0.1) is 0 Å². The van der Waals surface area contributed by atoms with E-state index in [0.29, 0.717) is 35.9 Å². The summed E-state index contributed by atoms with van der Waals surface area (Å²) in [6, 6.07) is 10.00. The number of para-hydroxylation sites is 1. The number of unbranched alkanes of at least 4 members (excludes halogenated alkanes) is 1. The third-order valence-electron chi connectivity index (χ3n) is 10.0. The van der Waals surface area contributed by atoms with Crippen LogP contribution in [0.15, 0.2) is 24.3 Å². The van der Waals surface area contributed by atoms with Crippen LogP contribution < -0.4 is 4.90 Å². The van der Waals surface area contributed by atoms with Crippen molar-refractivity contribution in [2.24, 2.45) is 17.8 Å². The van der Waals surface area contributed by atoms with Crippen molar-refractivity contribution in [3.8, 4) is 0 Å². The van der Waals surface area contributed by atoms with Crippen LogP contribution in [0.5, 0.6) is 0 Å². The van der Waals surface area contributed by atoms with Gasteiger partial charge in [-0.2, -0.15) is 0 Å². The van der Waals surface area contributed by atoms with E-state index in [1.54, 1.807) is 0 Å². The number of likely N-dealkylation sites (N-methyl/N-ethyl adjacent to an activating group) is 1. The van der Waals surface area contributed by atoms with E-state index >= 15 is 0 Å². The van der Waals surface area contributed by atoms with Crippen molar-refractivity contribution in [2.75, 3.05) is 18.5 Å². The van der Waals surface area contributed by atoms with Gasteiger partial charge in [0.1, 0.15) is 6.04 Å². The van der Waals surface area contributed by atoms with E-state index in [0.717, 1.165) is 23.9 Å². The third kappa shape index (κ3) is 1.61. The number of rotatable bonds is 4. The number of piperidine rings is 4. The molecule has 4 heteroatoms. The van der Waals surface area contributed by atoms with E-state index in [1.165, 1.54) is 30.5 Å². The molecule has 152 valence electrons. The lowest BCUT2D eigenvalue weighted by Gasteiger charge is -2.68. The third-order valence-corrected chi connectivity index (χ3v) is 10.0. The predicted octanol–water partition coefficient (Wildman–Crippen LogP) is 2.87. The summed E-state index contributed by atoms with van der Waals surface area (Å²) >= 11 is 0. The van der Waals surface area contributed by atoms with Crippen molar-refractivity contribution in [3.63, 3.8) is 0 Å². The number of nitrogens with zero attached hydrogens (tertiary/aromatic N) is 2. The van der Waals surface area contributed by atoms with E-state index in [9.17, 15) is 10.2 Å². The van der Waals surface area contributed by atoms with Gasteiger partial charge in [0.15, 0.2) is 6.23 Å². The molecular formula is C24H35N2O2+. The van der Waals surface area contributed by atoms with Gasteiger partial charge in [0.2, 0.25) is 0 Å². The van der Waals surface area contributed by atoms with Crippen LogP contribution in [-0.4, -0.2) is 58.7 Å². The van der Waals surface area contributed by atoms with Crippen LogP contribution in [0.3, 0.4) is 0 Å². The number of anilines is 1. The zero-order valence-electron chi connectivity index (χ0n) is 17.5. The molecule has 6 aliphatic rings. The Labute approximate surface area is 168 Å². The maximum Gasteiger partial charge on any atom is 0.194 e. The summed E-state index contributed by atoms with van der Waals surface area (Å²) in [5.41, 5.74) is 2.56. The molecule has 4 nitrogen and oxygen atoms in total. The van der Waals surface area contributed by atoms with Gasteiger partial charge >= 0.3 is 0 Å². The second-order valence-corrected chi connectivity index (χ2v) is 10.4. The van der Waals surface area contributed by atoms with Gasteiger partial charge in [-0.05, 0) is 30.4 Å². The molecule has 7 rings (SSSR count). The van der Waals surface area contributed by atoms with Crippen LogP contribution in [0.4, 0.5) is 5.69 Å². The first kappa shape index (κ1) is 17.7. The van der Waals surface area contributed by atoms with Crippen LogP contribution in [0, 0.1) is 17.8 Å². The highest BCUT2D eigenvalue weighted by molar-refractivity contribution is 5.66. The Hall–Kier alpha value is -1.10. The average Bonchev–Trinajstić information content (AvgIpc) is 3.09. The molecule has 1 aromatic rings. The summed E-state index contributed by atoms with van der Waals surface area (Å²) in [5, 5.41) is 23.7. The second-order valence-electron chi connectivity index (χ2n) is 10.4. The van der Waals surface area contributed by atoms with Crippen molar-refractivity contribution < 1.29 is 14.7 Å². The van der Waals surface area contributed by atoms with E-state index < -0.39 is 0 Å². The molecule has 10 atom stereocenters. The predicted molar refractivity (Wildman–Crippen MR) is 110 cm³/mol. The monoisotopic (exact) mass is 383 g/mol. The van der Waals surface area contributed by atoms with Crippen molar-refractivity contribution in [1.29, 1.82) is 0 Å². The Morgan fingerprint density at radius 1 is 1.18 bits per heavy atom. The van der Waals surface area contributed by atoms with Gasteiger partial charge in [0.25, 0.3) is 0 Å². The SMILES string of the molecule is CCCC[N+]12C3C[C@H](C(CC)[C@H]1O)C1[C@H]2CC2(c4ccccc4N(C)C32)[C@H]1O. The Kier molecular flexibility index (Phi) is 3.50. The second kappa shape index (κ2) is 5.53. The summed E-state index contributed by atoms with van der Waals surface area (Å²) in [6.45, 7) is 5.59. The Morgan fingerprint density at radius 2 is 1.96 bits per heavy atom. The highest BCUT2D eigenvalue weighted by Crippen LogP contribution is 2.71. The number of quaternary nitrogens is 1. The molecule has 1 aliphatic carbocycles. The molecule has 28 heavy (non-hydrogen) atoms. The standard InChI is InChI=1S/C24H35N2O2/c1-4-6-11-26-18-12-15(14(5-2)23(26)28)20-19(26)13-24(22(20)27)16-9-7-8-10-17(16)25(3)21(18)24/h7-10,14-15,18-23,27-28H,4-6,11-13H2,1-3H3/q+1/t14?,15-,18?,19-,20?,21?,22+,23-,24?,26?/m1/s1. The zero-order valence-corrected chi connectivity index (χ0v) is 17.5. The topological polar surface area (TPSA) is 43.7 Å². The molecular weight excluding hydrogens is 348 g/mol. The van der Waals surface area contributed by atoms with Crippen LogP contribution in [0.2, 0.25) is 0 Å². The minimum Gasteiger partial charge on any atom is -0.392 e. The lowest BCUT2D eigenvalue weighted by atomic mass is 9.60. The molecule has 4 saturated heterocycles. The van der Waals surface area contributed by atoms with E-state index in [-0.39, 0.29) is 17.7 Å². The largest absolute Gasteiger partial charge is 0.392 e. The number of fused-ring (bicyclic) bond motifs is 2. The molecule has 5 aliphatic heterocycles. The number of aliphatic hydroxyl groups excluding tert-OH is 2. The van der Waals surface area contributed by atoms with Crippen LogP contribution in [-0.2, 0) is 5.41 Å². The molecule has 5 bridgehead atoms. The number of hydrogen-bond donors (Lipinski definition) is 2.